The van der Waals surface area contributed by atoms with Gasteiger partial charge in [0.05, 0.1) is 29.2 Å². The number of carbonyl (C=O) groups is 1. The maximum atomic E-state index is 13.1. The summed E-state index contributed by atoms with van der Waals surface area (Å²) in [5.74, 6) is -0.131. The van der Waals surface area contributed by atoms with Gasteiger partial charge in [-0.3, -0.25) is 14.2 Å². The Bertz CT molecular complexity index is 1200. The van der Waals surface area contributed by atoms with E-state index in [4.69, 9.17) is 4.98 Å². The first-order valence-electron chi connectivity index (χ1n) is 9.67. The van der Waals surface area contributed by atoms with Gasteiger partial charge >= 0.3 is 0 Å². The van der Waals surface area contributed by atoms with Crippen LogP contribution in [0.1, 0.15) is 34.2 Å². The second-order valence-electron chi connectivity index (χ2n) is 7.09. The highest BCUT2D eigenvalue weighted by atomic mass is 16.1. The molecule has 0 aliphatic carbocycles. The Morgan fingerprint density at radius 3 is 2.59 bits per heavy atom. The predicted molar refractivity (Wildman–Crippen MR) is 112 cm³/mol. The molecule has 0 saturated heterocycles. The molecule has 29 heavy (non-hydrogen) atoms. The second kappa shape index (κ2) is 7.50. The zero-order valence-electron chi connectivity index (χ0n) is 17.1. The lowest BCUT2D eigenvalue weighted by molar-refractivity contribution is 0.0952. The summed E-state index contributed by atoms with van der Waals surface area (Å²) < 4.78 is 3.73. The van der Waals surface area contributed by atoms with Crippen LogP contribution in [-0.2, 0) is 20.1 Å². The van der Waals surface area contributed by atoms with Crippen LogP contribution in [0.25, 0.3) is 22.2 Å². The molecule has 3 heterocycles. The number of nitrogens with one attached hydrogen (secondary N) is 1. The molecule has 4 aromatic rings. The molecular weight excluding hydrogens is 364 g/mol. The number of rotatable bonds is 5. The predicted octanol–water partition coefficient (Wildman–Crippen LogP) is 3.40. The van der Waals surface area contributed by atoms with Gasteiger partial charge in [0, 0.05) is 48.0 Å². The zero-order chi connectivity index (χ0) is 20.5. The Hall–Kier alpha value is -3.48. The normalized spacial score (nSPS) is 11.2. The molecule has 1 amide bonds. The van der Waals surface area contributed by atoms with E-state index in [9.17, 15) is 4.79 Å². The van der Waals surface area contributed by atoms with Crippen molar-refractivity contribution < 1.29 is 4.79 Å². The quantitative estimate of drug-likeness (QED) is 0.568. The number of aryl methyl sites for hydroxylation is 2. The van der Waals surface area contributed by atoms with E-state index in [1.54, 1.807) is 10.9 Å². The molecule has 0 spiro atoms. The number of amides is 1. The van der Waals surface area contributed by atoms with Crippen LogP contribution in [0.3, 0.4) is 0 Å². The van der Waals surface area contributed by atoms with Crippen molar-refractivity contribution in [2.24, 2.45) is 7.05 Å². The molecule has 148 valence electrons. The highest BCUT2D eigenvalue weighted by Crippen LogP contribution is 2.27. The molecular formula is C22H24N6O. The van der Waals surface area contributed by atoms with Crippen LogP contribution in [0.2, 0.25) is 0 Å². The molecule has 0 saturated carbocycles. The fraction of sp³-hybridized carbons (Fsp3) is 0.273. The maximum absolute atomic E-state index is 13.1. The van der Waals surface area contributed by atoms with Crippen LogP contribution >= 0.6 is 0 Å². The van der Waals surface area contributed by atoms with Gasteiger partial charge < -0.3 is 5.32 Å². The molecule has 0 fully saturated rings. The van der Waals surface area contributed by atoms with E-state index in [2.05, 4.69) is 22.4 Å². The third-order valence-corrected chi connectivity index (χ3v) is 5.42. The molecule has 0 radical (unpaired) electrons. The van der Waals surface area contributed by atoms with Crippen molar-refractivity contribution in [3.63, 3.8) is 0 Å². The van der Waals surface area contributed by atoms with Gasteiger partial charge in [0.2, 0.25) is 0 Å². The second-order valence-corrected chi connectivity index (χ2v) is 7.09. The minimum absolute atomic E-state index is 0.131. The number of hydrogen-bond donors (Lipinski definition) is 1. The molecule has 7 nitrogen and oxygen atoms in total. The fourth-order valence-electron chi connectivity index (χ4n) is 3.51. The average molecular weight is 388 g/mol. The summed E-state index contributed by atoms with van der Waals surface area (Å²) in [6.45, 7) is 7.28. The molecule has 3 aromatic heterocycles. The summed E-state index contributed by atoms with van der Waals surface area (Å²) in [7, 11) is 1.89. The number of benzene rings is 1. The monoisotopic (exact) mass is 388 g/mol. The van der Waals surface area contributed by atoms with Crippen molar-refractivity contribution >= 4 is 16.8 Å². The minimum Gasteiger partial charge on any atom is -0.348 e. The molecule has 0 unspecified atom stereocenters. The summed E-state index contributed by atoms with van der Waals surface area (Å²) in [6.07, 6.45) is 3.60. The number of nitrogens with zero attached hydrogens (tertiary/aromatic N) is 5. The van der Waals surface area contributed by atoms with Crippen LogP contribution in [-0.4, -0.2) is 30.5 Å². The lowest BCUT2D eigenvalue weighted by Gasteiger charge is -2.11. The minimum atomic E-state index is -0.131. The first kappa shape index (κ1) is 18.9. The van der Waals surface area contributed by atoms with Crippen LogP contribution in [0.15, 0.2) is 42.7 Å². The summed E-state index contributed by atoms with van der Waals surface area (Å²) >= 11 is 0. The summed E-state index contributed by atoms with van der Waals surface area (Å²) in [5, 5.41) is 12.5. The lowest BCUT2D eigenvalue weighted by atomic mass is 10.0. The number of carbonyl (C=O) groups excluding carboxylic acids is 1. The molecule has 0 bridgehead atoms. The molecule has 7 heteroatoms. The number of aromatic nitrogens is 5. The van der Waals surface area contributed by atoms with E-state index in [1.807, 2.05) is 62.1 Å². The summed E-state index contributed by atoms with van der Waals surface area (Å²) in [5.41, 5.74) is 6.16. The Kier molecular flexibility index (Phi) is 4.88. The number of fused-ring (bicyclic) bond motifs is 1. The topological polar surface area (TPSA) is 77.6 Å². The number of hydrogen-bond acceptors (Lipinski definition) is 4. The number of pyridine rings is 1. The largest absolute Gasteiger partial charge is 0.348 e. The molecule has 1 N–H and O–H groups in total. The van der Waals surface area contributed by atoms with Crippen LogP contribution in [0.5, 0.6) is 0 Å². The molecule has 1 aromatic carbocycles. The Balaban J connectivity index is 1.73. The van der Waals surface area contributed by atoms with Crippen LogP contribution in [0, 0.1) is 13.8 Å². The Labute approximate surface area is 169 Å². The van der Waals surface area contributed by atoms with E-state index >= 15 is 0 Å². The van der Waals surface area contributed by atoms with Gasteiger partial charge in [-0.2, -0.15) is 10.2 Å². The van der Waals surface area contributed by atoms with Crippen molar-refractivity contribution in [3.8, 4) is 11.3 Å². The average Bonchev–Trinajstić information content (AvgIpc) is 3.27. The lowest BCUT2D eigenvalue weighted by Crippen LogP contribution is -2.23. The van der Waals surface area contributed by atoms with Gasteiger partial charge in [0.25, 0.3) is 5.91 Å². The van der Waals surface area contributed by atoms with E-state index in [-0.39, 0.29) is 5.91 Å². The first-order chi connectivity index (χ1) is 14.0. The van der Waals surface area contributed by atoms with Crippen LogP contribution < -0.4 is 5.32 Å². The van der Waals surface area contributed by atoms with Crippen molar-refractivity contribution in [2.45, 2.75) is 33.9 Å². The standard InChI is InChI=1S/C22H24N6O/c1-5-28-15(3)19(13-25-28)21-10-18(17-8-6-7-9-20(17)26-21)22(29)23-11-16-12-24-27(4)14(16)2/h6-10,12-13H,5,11H2,1-4H3,(H,23,29). The zero-order valence-corrected chi connectivity index (χ0v) is 17.1. The SMILES string of the molecule is CCn1ncc(-c2cc(C(=O)NCc3cnn(C)c3C)c3ccccc3n2)c1C. The fourth-order valence-corrected chi connectivity index (χ4v) is 3.51. The van der Waals surface area contributed by atoms with Crippen LogP contribution in [0.4, 0.5) is 0 Å². The van der Waals surface area contributed by atoms with Crippen molar-refractivity contribution in [1.29, 1.82) is 0 Å². The molecule has 0 aliphatic rings. The molecule has 4 rings (SSSR count). The molecule has 0 aliphatic heterocycles. The summed E-state index contributed by atoms with van der Waals surface area (Å²) in [6, 6.07) is 9.57. The van der Waals surface area contributed by atoms with Gasteiger partial charge in [-0.1, -0.05) is 18.2 Å². The summed E-state index contributed by atoms with van der Waals surface area (Å²) in [4.78, 5) is 17.9. The van der Waals surface area contributed by atoms with E-state index < -0.39 is 0 Å². The van der Waals surface area contributed by atoms with Gasteiger partial charge in [-0.25, -0.2) is 4.98 Å². The van der Waals surface area contributed by atoms with Crippen molar-refractivity contribution in [3.05, 3.63) is 65.2 Å². The maximum Gasteiger partial charge on any atom is 0.252 e. The first-order valence-corrected chi connectivity index (χ1v) is 9.67. The smallest absolute Gasteiger partial charge is 0.252 e. The third kappa shape index (κ3) is 3.40. The van der Waals surface area contributed by atoms with Gasteiger partial charge in [-0.05, 0) is 32.9 Å². The Morgan fingerprint density at radius 1 is 1.10 bits per heavy atom. The molecule has 0 atom stereocenters. The van der Waals surface area contributed by atoms with Gasteiger partial charge in [0.15, 0.2) is 0 Å². The third-order valence-electron chi connectivity index (χ3n) is 5.42. The highest BCUT2D eigenvalue weighted by Gasteiger charge is 2.17. The number of para-hydroxylation sites is 1. The van der Waals surface area contributed by atoms with E-state index in [0.29, 0.717) is 12.1 Å². The van der Waals surface area contributed by atoms with E-state index in [1.165, 1.54) is 0 Å². The van der Waals surface area contributed by atoms with Crippen molar-refractivity contribution in [2.75, 3.05) is 0 Å². The van der Waals surface area contributed by atoms with Gasteiger partial charge in [-0.15, -0.1) is 0 Å². The highest BCUT2D eigenvalue weighted by molar-refractivity contribution is 6.07. The van der Waals surface area contributed by atoms with Crippen molar-refractivity contribution in [1.82, 2.24) is 29.9 Å². The Morgan fingerprint density at radius 2 is 1.90 bits per heavy atom. The van der Waals surface area contributed by atoms with Gasteiger partial charge in [0.1, 0.15) is 0 Å². The van der Waals surface area contributed by atoms with E-state index in [0.717, 1.165) is 45.7 Å².